The first-order valence-electron chi connectivity index (χ1n) is 10.1. The Kier molecular flexibility index (Phi) is 6.48. The van der Waals surface area contributed by atoms with Crippen LogP contribution >= 0.6 is 23.1 Å². The SMILES string of the molecule is Cc1nc(SCC(=O)N2CCC[C@H]2c2ccc3c(c2)OCCCO3)sc1CC(N)=O. The number of aromatic nitrogens is 1. The summed E-state index contributed by atoms with van der Waals surface area (Å²) in [5, 5.41) is 0. The number of nitrogens with two attached hydrogens (primary N) is 1. The minimum Gasteiger partial charge on any atom is -0.490 e. The number of benzene rings is 1. The van der Waals surface area contributed by atoms with E-state index in [1.54, 1.807) is 0 Å². The third-order valence-corrected chi connectivity index (χ3v) is 7.54. The number of carbonyl (C=O) groups is 2. The fraction of sp³-hybridized carbons (Fsp3) is 0.476. The number of carbonyl (C=O) groups excluding carboxylic acids is 2. The molecule has 0 saturated carbocycles. The lowest BCUT2D eigenvalue weighted by atomic mass is 10.0. The number of aryl methyl sites for hydroxylation is 1. The number of primary amides is 1. The number of rotatable bonds is 6. The lowest BCUT2D eigenvalue weighted by Gasteiger charge is -2.25. The van der Waals surface area contributed by atoms with Crippen molar-refractivity contribution in [2.75, 3.05) is 25.5 Å². The monoisotopic (exact) mass is 447 g/mol. The topological polar surface area (TPSA) is 94.8 Å². The Morgan fingerprint density at radius 1 is 1.27 bits per heavy atom. The molecule has 0 spiro atoms. The molecule has 9 heteroatoms. The Bertz CT molecular complexity index is 946. The van der Waals surface area contributed by atoms with Gasteiger partial charge in [-0.3, -0.25) is 9.59 Å². The summed E-state index contributed by atoms with van der Waals surface area (Å²) in [5.41, 5.74) is 7.18. The standard InChI is InChI=1S/C21H25N3O4S2/c1-13-18(11-19(22)25)30-21(23-13)29-12-20(26)24-7-2-4-15(24)14-5-6-16-17(10-14)28-9-3-8-27-16/h5-6,10,15H,2-4,7-9,11-12H2,1H3,(H2,22,25)/t15-/m0/s1. The van der Waals surface area contributed by atoms with Gasteiger partial charge in [0.25, 0.3) is 0 Å². The normalized spacial score (nSPS) is 18.3. The minimum atomic E-state index is -0.371. The van der Waals surface area contributed by atoms with Gasteiger partial charge in [-0.25, -0.2) is 4.98 Å². The summed E-state index contributed by atoms with van der Waals surface area (Å²) >= 11 is 2.86. The quantitative estimate of drug-likeness (QED) is 0.684. The summed E-state index contributed by atoms with van der Waals surface area (Å²) in [6.45, 7) is 3.92. The van der Waals surface area contributed by atoms with Crippen LogP contribution in [-0.4, -0.2) is 47.2 Å². The van der Waals surface area contributed by atoms with Crippen molar-refractivity contribution in [2.24, 2.45) is 5.73 Å². The first-order chi connectivity index (χ1) is 14.5. The fourth-order valence-corrected chi connectivity index (χ4v) is 5.92. The maximum Gasteiger partial charge on any atom is 0.233 e. The maximum atomic E-state index is 13.0. The van der Waals surface area contributed by atoms with Crippen LogP contribution in [0.1, 0.15) is 41.4 Å². The van der Waals surface area contributed by atoms with Crippen LogP contribution in [0.25, 0.3) is 0 Å². The molecule has 4 rings (SSSR count). The van der Waals surface area contributed by atoms with Crippen molar-refractivity contribution in [3.63, 3.8) is 0 Å². The summed E-state index contributed by atoms with van der Waals surface area (Å²) in [6, 6.07) is 6.06. The smallest absolute Gasteiger partial charge is 0.233 e. The molecule has 2 amide bonds. The van der Waals surface area contributed by atoms with Crippen molar-refractivity contribution in [1.29, 1.82) is 0 Å². The van der Waals surface area contributed by atoms with E-state index in [-0.39, 0.29) is 24.3 Å². The summed E-state index contributed by atoms with van der Waals surface area (Å²) in [4.78, 5) is 31.4. The number of hydrogen-bond acceptors (Lipinski definition) is 7. The summed E-state index contributed by atoms with van der Waals surface area (Å²) in [6.07, 6.45) is 2.98. The molecule has 2 aliphatic rings. The second-order valence-corrected chi connectivity index (χ2v) is 9.73. The molecule has 2 N–H and O–H groups in total. The zero-order valence-corrected chi connectivity index (χ0v) is 18.5. The molecular weight excluding hydrogens is 422 g/mol. The van der Waals surface area contributed by atoms with Crippen molar-refractivity contribution in [3.8, 4) is 11.5 Å². The number of hydrogen-bond donors (Lipinski definition) is 1. The highest BCUT2D eigenvalue weighted by Crippen LogP contribution is 2.38. The highest BCUT2D eigenvalue weighted by molar-refractivity contribution is 8.01. The average Bonchev–Trinajstić information content (AvgIpc) is 3.26. The van der Waals surface area contributed by atoms with Crippen molar-refractivity contribution < 1.29 is 19.1 Å². The van der Waals surface area contributed by atoms with Gasteiger partial charge in [0, 0.05) is 17.8 Å². The highest BCUT2D eigenvalue weighted by atomic mass is 32.2. The Morgan fingerprint density at radius 3 is 2.87 bits per heavy atom. The molecule has 0 aliphatic carbocycles. The zero-order valence-electron chi connectivity index (χ0n) is 16.9. The van der Waals surface area contributed by atoms with Gasteiger partial charge in [0.2, 0.25) is 11.8 Å². The van der Waals surface area contributed by atoms with E-state index in [0.29, 0.717) is 19.0 Å². The van der Waals surface area contributed by atoms with Gasteiger partial charge in [-0.15, -0.1) is 11.3 Å². The van der Waals surface area contributed by atoms with Gasteiger partial charge >= 0.3 is 0 Å². The van der Waals surface area contributed by atoms with Crippen LogP contribution in [0, 0.1) is 6.92 Å². The van der Waals surface area contributed by atoms with Crippen LogP contribution in [0.3, 0.4) is 0 Å². The molecule has 7 nitrogen and oxygen atoms in total. The number of thiazole rings is 1. The van der Waals surface area contributed by atoms with Gasteiger partial charge < -0.3 is 20.1 Å². The molecule has 2 aromatic rings. The van der Waals surface area contributed by atoms with Gasteiger partial charge in [0.15, 0.2) is 15.8 Å². The molecule has 0 radical (unpaired) electrons. The molecule has 0 bridgehead atoms. The summed E-state index contributed by atoms with van der Waals surface area (Å²) in [5.74, 6) is 1.58. The number of thioether (sulfide) groups is 1. The molecular formula is C21H25N3O4S2. The molecule has 1 aromatic carbocycles. The van der Waals surface area contributed by atoms with Gasteiger partial charge in [0.1, 0.15) is 0 Å². The molecule has 0 unspecified atom stereocenters. The number of likely N-dealkylation sites (tertiary alicyclic amines) is 1. The van der Waals surface area contributed by atoms with Crippen LogP contribution in [0.4, 0.5) is 0 Å². The van der Waals surface area contributed by atoms with Crippen molar-refractivity contribution in [1.82, 2.24) is 9.88 Å². The molecule has 3 heterocycles. The van der Waals surface area contributed by atoms with Gasteiger partial charge in [-0.1, -0.05) is 17.8 Å². The van der Waals surface area contributed by atoms with E-state index in [0.717, 1.165) is 57.8 Å². The van der Waals surface area contributed by atoms with Crippen molar-refractivity contribution in [3.05, 3.63) is 34.3 Å². The number of ether oxygens (including phenoxy) is 2. The highest BCUT2D eigenvalue weighted by Gasteiger charge is 2.31. The van der Waals surface area contributed by atoms with E-state index < -0.39 is 0 Å². The van der Waals surface area contributed by atoms with E-state index in [4.69, 9.17) is 15.2 Å². The minimum absolute atomic E-state index is 0.0544. The average molecular weight is 448 g/mol. The molecule has 160 valence electrons. The Labute approximate surface area is 183 Å². The Morgan fingerprint density at radius 2 is 2.07 bits per heavy atom. The molecule has 1 fully saturated rings. The number of nitrogens with zero attached hydrogens (tertiary/aromatic N) is 2. The number of fused-ring (bicyclic) bond motifs is 1. The lowest BCUT2D eigenvalue weighted by Crippen LogP contribution is -2.32. The van der Waals surface area contributed by atoms with Gasteiger partial charge in [-0.2, -0.15) is 0 Å². The lowest BCUT2D eigenvalue weighted by molar-refractivity contribution is -0.129. The van der Waals surface area contributed by atoms with Crippen molar-refractivity contribution >= 4 is 34.9 Å². The molecule has 1 atom stereocenters. The van der Waals surface area contributed by atoms with Gasteiger partial charge in [-0.05, 0) is 37.5 Å². The summed E-state index contributed by atoms with van der Waals surface area (Å²) in [7, 11) is 0. The third-order valence-electron chi connectivity index (χ3n) is 5.26. The van der Waals surface area contributed by atoms with Crippen LogP contribution in [-0.2, 0) is 16.0 Å². The second-order valence-electron chi connectivity index (χ2n) is 7.42. The van der Waals surface area contributed by atoms with E-state index >= 15 is 0 Å². The molecule has 30 heavy (non-hydrogen) atoms. The third kappa shape index (κ3) is 4.73. The van der Waals surface area contributed by atoms with E-state index in [9.17, 15) is 9.59 Å². The first kappa shape index (κ1) is 21.0. The summed E-state index contributed by atoms with van der Waals surface area (Å²) < 4.78 is 12.3. The first-order valence-corrected chi connectivity index (χ1v) is 11.9. The Hall–Kier alpha value is -2.26. The van der Waals surface area contributed by atoms with Crippen molar-refractivity contribution in [2.45, 2.75) is 43.0 Å². The van der Waals surface area contributed by atoms with Crippen LogP contribution < -0.4 is 15.2 Å². The van der Waals surface area contributed by atoms with E-state index in [1.807, 2.05) is 30.0 Å². The molecule has 2 aliphatic heterocycles. The Balaban J connectivity index is 1.42. The fourth-order valence-electron chi connectivity index (χ4n) is 3.79. The van der Waals surface area contributed by atoms with E-state index in [2.05, 4.69) is 4.98 Å². The predicted octanol–water partition coefficient (Wildman–Crippen LogP) is 3.10. The van der Waals surface area contributed by atoms with Gasteiger partial charge in [0.05, 0.1) is 37.1 Å². The molecule has 1 saturated heterocycles. The largest absolute Gasteiger partial charge is 0.490 e. The second kappa shape index (κ2) is 9.26. The van der Waals surface area contributed by atoms with Crippen LogP contribution in [0.5, 0.6) is 11.5 Å². The van der Waals surface area contributed by atoms with Crippen LogP contribution in [0.2, 0.25) is 0 Å². The van der Waals surface area contributed by atoms with E-state index in [1.165, 1.54) is 23.1 Å². The maximum absolute atomic E-state index is 13.0. The predicted molar refractivity (Wildman–Crippen MR) is 116 cm³/mol. The zero-order chi connectivity index (χ0) is 21.1. The van der Waals surface area contributed by atoms with Crippen LogP contribution in [0.15, 0.2) is 22.5 Å². The molecule has 1 aromatic heterocycles. The number of amides is 2.